The van der Waals surface area contributed by atoms with E-state index in [0.717, 1.165) is 24.9 Å². The maximum atomic E-state index is 12.2. The molecule has 3 unspecified atom stereocenters. The Morgan fingerprint density at radius 2 is 2.11 bits per heavy atom. The average Bonchev–Trinajstić information content (AvgIpc) is 3.02. The quantitative estimate of drug-likeness (QED) is 0.856. The van der Waals surface area contributed by atoms with E-state index < -0.39 is 0 Å². The smallest absolute Gasteiger partial charge is 0.229 e. The number of amides is 1. The summed E-state index contributed by atoms with van der Waals surface area (Å²) in [4.78, 5) is 12.2. The Labute approximate surface area is 108 Å². The second-order valence-corrected chi connectivity index (χ2v) is 5.43. The summed E-state index contributed by atoms with van der Waals surface area (Å²) in [5.41, 5.74) is 2.22. The lowest BCUT2D eigenvalue weighted by Crippen LogP contribution is -2.32. The van der Waals surface area contributed by atoms with Crippen molar-refractivity contribution in [2.75, 3.05) is 5.32 Å². The summed E-state index contributed by atoms with van der Waals surface area (Å²) < 4.78 is 0. The van der Waals surface area contributed by atoms with E-state index in [9.17, 15) is 4.79 Å². The Balaban J connectivity index is 1.63. The molecule has 0 aliphatic carbocycles. The van der Waals surface area contributed by atoms with E-state index in [1.165, 1.54) is 12.0 Å². The van der Waals surface area contributed by atoms with E-state index in [1.54, 1.807) is 0 Å². The summed E-state index contributed by atoms with van der Waals surface area (Å²) in [6.45, 7) is 2.13. The molecule has 3 heteroatoms. The van der Waals surface area contributed by atoms with Crippen LogP contribution < -0.4 is 10.6 Å². The number of carbonyl (C=O) groups is 1. The number of hydrogen-bond donors (Lipinski definition) is 2. The highest BCUT2D eigenvalue weighted by Gasteiger charge is 2.42. The first-order valence-electron chi connectivity index (χ1n) is 6.92. The molecule has 1 aromatic carbocycles. The van der Waals surface area contributed by atoms with Crippen molar-refractivity contribution in [3.05, 3.63) is 29.8 Å². The minimum atomic E-state index is 0.162. The molecule has 2 aliphatic heterocycles. The van der Waals surface area contributed by atoms with Gasteiger partial charge in [-0.2, -0.15) is 0 Å². The molecule has 2 fully saturated rings. The molecule has 0 spiro atoms. The molecule has 0 radical (unpaired) electrons. The van der Waals surface area contributed by atoms with Crippen molar-refractivity contribution in [3.63, 3.8) is 0 Å². The second kappa shape index (κ2) is 4.73. The van der Waals surface area contributed by atoms with Crippen molar-refractivity contribution in [3.8, 4) is 0 Å². The summed E-state index contributed by atoms with van der Waals surface area (Å²) >= 11 is 0. The SMILES string of the molecule is CCc1ccc(NC(=O)C2CC3CCC2N3)cc1. The van der Waals surface area contributed by atoms with Crippen molar-refractivity contribution in [1.82, 2.24) is 5.32 Å². The molecular formula is C15H20N2O. The maximum absolute atomic E-state index is 12.2. The first-order chi connectivity index (χ1) is 8.76. The zero-order chi connectivity index (χ0) is 12.5. The minimum Gasteiger partial charge on any atom is -0.326 e. The van der Waals surface area contributed by atoms with Crippen LogP contribution in [0.15, 0.2) is 24.3 Å². The number of benzene rings is 1. The van der Waals surface area contributed by atoms with Gasteiger partial charge in [0.1, 0.15) is 0 Å². The van der Waals surface area contributed by atoms with E-state index >= 15 is 0 Å². The molecule has 2 bridgehead atoms. The lowest BCUT2D eigenvalue weighted by molar-refractivity contribution is -0.120. The fraction of sp³-hybridized carbons (Fsp3) is 0.533. The number of anilines is 1. The lowest BCUT2D eigenvalue weighted by Gasteiger charge is -2.19. The van der Waals surface area contributed by atoms with E-state index in [4.69, 9.17) is 0 Å². The highest BCUT2D eigenvalue weighted by molar-refractivity contribution is 5.93. The molecular weight excluding hydrogens is 224 g/mol. The van der Waals surface area contributed by atoms with Gasteiger partial charge in [0.05, 0.1) is 5.92 Å². The first-order valence-corrected chi connectivity index (χ1v) is 6.92. The topological polar surface area (TPSA) is 41.1 Å². The van der Waals surface area contributed by atoms with Gasteiger partial charge >= 0.3 is 0 Å². The summed E-state index contributed by atoms with van der Waals surface area (Å²) in [5, 5.41) is 6.54. The van der Waals surface area contributed by atoms with Gasteiger partial charge in [0.2, 0.25) is 5.91 Å². The Morgan fingerprint density at radius 1 is 1.33 bits per heavy atom. The Hall–Kier alpha value is -1.35. The Kier molecular flexibility index (Phi) is 3.08. The molecule has 3 atom stereocenters. The van der Waals surface area contributed by atoms with E-state index in [2.05, 4.69) is 29.7 Å². The second-order valence-electron chi connectivity index (χ2n) is 5.43. The van der Waals surface area contributed by atoms with Crippen LogP contribution in [0.1, 0.15) is 31.7 Å². The molecule has 18 heavy (non-hydrogen) atoms. The standard InChI is InChI=1S/C15H20N2O/c1-2-10-3-5-11(6-4-10)17-15(18)13-9-12-7-8-14(13)16-12/h3-6,12-14,16H,2,7-9H2,1H3,(H,17,18). The molecule has 3 rings (SSSR count). The molecule has 2 heterocycles. The number of aryl methyl sites for hydroxylation is 1. The average molecular weight is 244 g/mol. The van der Waals surface area contributed by atoms with Gasteiger partial charge in [-0.1, -0.05) is 19.1 Å². The fourth-order valence-electron chi connectivity index (χ4n) is 3.17. The van der Waals surface area contributed by atoms with E-state index in [0.29, 0.717) is 12.1 Å². The van der Waals surface area contributed by atoms with Crippen LogP contribution in [-0.4, -0.2) is 18.0 Å². The van der Waals surface area contributed by atoms with Crippen LogP contribution in [0.5, 0.6) is 0 Å². The highest BCUT2D eigenvalue weighted by Crippen LogP contribution is 2.33. The van der Waals surface area contributed by atoms with Gasteiger partial charge in [0.25, 0.3) is 0 Å². The van der Waals surface area contributed by atoms with Crippen molar-refractivity contribution in [2.24, 2.45) is 5.92 Å². The molecule has 0 aromatic heterocycles. The number of nitrogens with one attached hydrogen (secondary N) is 2. The van der Waals surface area contributed by atoms with Crippen LogP contribution in [0.2, 0.25) is 0 Å². The van der Waals surface area contributed by atoms with E-state index in [1.807, 2.05) is 12.1 Å². The number of fused-ring (bicyclic) bond motifs is 2. The van der Waals surface area contributed by atoms with E-state index in [-0.39, 0.29) is 11.8 Å². The predicted octanol–water partition coefficient (Wildman–Crippen LogP) is 2.33. The normalized spacial score (nSPS) is 29.5. The molecule has 3 nitrogen and oxygen atoms in total. The molecule has 2 saturated heterocycles. The number of hydrogen-bond acceptors (Lipinski definition) is 2. The van der Waals surface area contributed by atoms with Crippen LogP contribution in [0, 0.1) is 5.92 Å². The van der Waals surface area contributed by atoms with Gasteiger partial charge in [0.15, 0.2) is 0 Å². The summed E-state index contributed by atoms with van der Waals surface area (Å²) in [6.07, 6.45) is 4.42. The first kappa shape index (κ1) is 11.7. The maximum Gasteiger partial charge on any atom is 0.229 e. The molecule has 0 saturated carbocycles. The number of rotatable bonds is 3. The summed E-state index contributed by atoms with van der Waals surface area (Å²) in [6, 6.07) is 9.14. The van der Waals surface area contributed by atoms with Gasteiger partial charge in [0, 0.05) is 17.8 Å². The van der Waals surface area contributed by atoms with Crippen LogP contribution >= 0.6 is 0 Å². The van der Waals surface area contributed by atoms with Gasteiger partial charge in [-0.15, -0.1) is 0 Å². The largest absolute Gasteiger partial charge is 0.326 e. The predicted molar refractivity (Wildman–Crippen MR) is 72.5 cm³/mol. The Morgan fingerprint density at radius 3 is 2.67 bits per heavy atom. The van der Waals surface area contributed by atoms with Crippen LogP contribution in [-0.2, 0) is 11.2 Å². The molecule has 2 N–H and O–H groups in total. The third-order valence-corrected chi connectivity index (χ3v) is 4.27. The monoisotopic (exact) mass is 244 g/mol. The summed E-state index contributed by atoms with van der Waals surface area (Å²) in [7, 11) is 0. The van der Waals surface area contributed by atoms with Gasteiger partial charge in [-0.3, -0.25) is 4.79 Å². The van der Waals surface area contributed by atoms with Gasteiger partial charge in [-0.05, 0) is 43.4 Å². The van der Waals surface area contributed by atoms with Gasteiger partial charge < -0.3 is 10.6 Å². The summed E-state index contributed by atoms with van der Waals surface area (Å²) in [5.74, 6) is 0.341. The zero-order valence-corrected chi connectivity index (χ0v) is 10.8. The fourth-order valence-corrected chi connectivity index (χ4v) is 3.17. The van der Waals surface area contributed by atoms with Crippen molar-refractivity contribution in [2.45, 2.75) is 44.7 Å². The van der Waals surface area contributed by atoms with Crippen LogP contribution in [0.4, 0.5) is 5.69 Å². The van der Waals surface area contributed by atoms with Crippen molar-refractivity contribution < 1.29 is 4.79 Å². The third-order valence-electron chi connectivity index (χ3n) is 4.27. The van der Waals surface area contributed by atoms with Crippen molar-refractivity contribution in [1.29, 1.82) is 0 Å². The van der Waals surface area contributed by atoms with Crippen molar-refractivity contribution >= 4 is 11.6 Å². The Bertz CT molecular complexity index is 440. The molecule has 1 amide bonds. The third kappa shape index (κ3) is 2.15. The van der Waals surface area contributed by atoms with Gasteiger partial charge in [-0.25, -0.2) is 0 Å². The minimum absolute atomic E-state index is 0.162. The molecule has 96 valence electrons. The highest BCUT2D eigenvalue weighted by atomic mass is 16.2. The van der Waals surface area contributed by atoms with Crippen LogP contribution in [0.25, 0.3) is 0 Å². The molecule has 2 aliphatic rings. The van der Waals surface area contributed by atoms with Crippen LogP contribution in [0.3, 0.4) is 0 Å². The zero-order valence-electron chi connectivity index (χ0n) is 10.8. The number of carbonyl (C=O) groups excluding carboxylic acids is 1. The molecule has 1 aromatic rings. The lowest BCUT2D eigenvalue weighted by atomic mass is 9.88.